The average Bonchev–Trinajstić information content (AvgIpc) is 3.31. The molecule has 9 heteroatoms. The number of hydrogen-bond acceptors (Lipinski definition) is 6. The third kappa shape index (κ3) is 3.98. The standard InChI is InChI=1S/C24H17F2N3O2S2/c1-28-19-13-18(31-2)11-12-20(19)32-23(28)21-22(30)29(17-9-5-15(26)6-10-17)24(33-21)27-16-7-3-14(25)4-8-16/h3-13H,1-2H3. The lowest BCUT2D eigenvalue weighted by molar-refractivity contribution is -0.113. The van der Waals surface area contributed by atoms with E-state index in [9.17, 15) is 13.6 Å². The van der Waals surface area contributed by atoms with Crippen LogP contribution in [0, 0.1) is 11.6 Å². The summed E-state index contributed by atoms with van der Waals surface area (Å²) in [6.07, 6.45) is 0. The Morgan fingerprint density at radius 1 is 0.909 bits per heavy atom. The summed E-state index contributed by atoms with van der Waals surface area (Å²) in [7, 11) is 3.50. The highest BCUT2D eigenvalue weighted by Crippen LogP contribution is 2.51. The van der Waals surface area contributed by atoms with Gasteiger partial charge in [0.25, 0.3) is 5.91 Å². The zero-order valence-electron chi connectivity index (χ0n) is 17.6. The van der Waals surface area contributed by atoms with Crippen molar-refractivity contribution in [3.8, 4) is 5.75 Å². The number of carbonyl (C=O) groups excluding carboxylic acids is 1. The maximum Gasteiger partial charge on any atom is 0.274 e. The second kappa shape index (κ2) is 8.57. The number of hydrogen-bond donors (Lipinski definition) is 0. The maximum atomic E-state index is 13.6. The first-order chi connectivity index (χ1) is 15.9. The molecule has 33 heavy (non-hydrogen) atoms. The van der Waals surface area contributed by atoms with E-state index in [1.165, 1.54) is 64.8 Å². The van der Waals surface area contributed by atoms with Crippen LogP contribution in [0.5, 0.6) is 5.75 Å². The molecule has 1 saturated heterocycles. The Kier molecular flexibility index (Phi) is 5.59. The number of carbonyl (C=O) groups is 1. The second-order valence-electron chi connectivity index (χ2n) is 7.22. The summed E-state index contributed by atoms with van der Waals surface area (Å²) >= 11 is 2.72. The van der Waals surface area contributed by atoms with Crippen molar-refractivity contribution in [1.29, 1.82) is 0 Å². The molecule has 3 aromatic carbocycles. The molecule has 0 saturated carbocycles. The second-order valence-corrected chi connectivity index (χ2v) is 9.23. The number of thioether (sulfide) groups is 2. The van der Waals surface area contributed by atoms with Gasteiger partial charge in [-0.25, -0.2) is 13.8 Å². The van der Waals surface area contributed by atoms with E-state index in [0.717, 1.165) is 21.4 Å². The number of amides is 1. The van der Waals surface area contributed by atoms with Crippen molar-refractivity contribution in [2.24, 2.45) is 4.99 Å². The molecule has 0 aliphatic carbocycles. The zero-order chi connectivity index (χ0) is 23.1. The molecule has 166 valence electrons. The molecule has 1 amide bonds. The van der Waals surface area contributed by atoms with E-state index in [2.05, 4.69) is 4.99 Å². The predicted octanol–water partition coefficient (Wildman–Crippen LogP) is 6.15. The van der Waals surface area contributed by atoms with E-state index < -0.39 is 5.82 Å². The molecule has 0 unspecified atom stereocenters. The minimum atomic E-state index is -0.399. The Hall–Kier alpha value is -3.30. The van der Waals surface area contributed by atoms with E-state index in [1.54, 1.807) is 19.2 Å². The van der Waals surface area contributed by atoms with E-state index in [-0.39, 0.29) is 11.7 Å². The molecule has 0 N–H and O–H groups in total. The van der Waals surface area contributed by atoms with E-state index >= 15 is 0 Å². The van der Waals surface area contributed by atoms with Gasteiger partial charge in [0.2, 0.25) is 0 Å². The van der Waals surface area contributed by atoms with Crippen molar-refractivity contribution in [2.45, 2.75) is 4.90 Å². The smallest absolute Gasteiger partial charge is 0.274 e. The molecule has 2 aliphatic heterocycles. The number of ether oxygens (including phenoxy) is 1. The van der Waals surface area contributed by atoms with E-state index in [4.69, 9.17) is 4.74 Å². The summed E-state index contributed by atoms with van der Waals surface area (Å²) in [5.41, 5.74) is 1.94. The van der Waals surface area contributed by atoms with Crippen LogP contribution in [0.2, 0.25) is 0 Å². The van der Waals surface area contributed by atoms with Gasteiger partial charge in [-0.05, 0) is 72.4 Å². The lowest BCUT2D eigenvalue weighted by Crippen LogP contribution is -2.29. The van der Waals surface area contributed by atoms with Gasteiger partial charge in [0.1, 0.15) is 22.3 Å². The summed E-state index contributed by atoms with van der Waals surface area (Å²) in [4.78, 5) is 23.1. The molecule has 0 spiro atoms. The fraction of sp³-hybridized carbons (Fsp3) is 0.0833. The van der Waals surface area contributed by atoms with Gasteiger partial charge >= 0.3 is 0 Å². The van der Waals surface area contributed by atoms with Crippen molar-refractivity contribution in [3.63, 3.8) is 0 Å². The van der Waals surface area contributed by atoms with Gasteiger partial charge in [0.05, 0.1) is 29.2 Å². The summed E-state index contributed by atoms with van der Waals surface area (Å²) in [6, 6.07) is 17.1. The number of benzene rings is 3. The van der Waals surface area contributed by atoms with E-state index in [1.807, 2.05) is 30.1 Å². The summed E-state index contributed by atoms with van der Waals surface area (Å²) in [6.45, 7) is 0. The van der Waals surface area contributed by atoms with Gasteiger partial charge in [-0.15, -0.1) is 0 Å². The highest BCUT2D eigenvalue weighted by Gasteiger charge is 2.40. The molecule has 1 fully saturated rings. The van der Waals surface area contributed by atoms with Crippen LogP contribution in [0.15, 0.2) is 86.6 Å². The average molecular weight is 482 g/mol. The van der Waals surface area contributed by atoms with Gasteiger partial charge in [0.15, 0.2) is 5.17 Å². The molecule has 0 aromatic heterocycles. The number of halogens is 2. The van der Waals surface area contributed by atoms with Crippen LogP contribution in [0.25, 0.3) is 0 Å². The number of aliphatic imine (C=N–C) groups is 1. The quantitative estimate of drug-likeness (QED) is 0.420. The highest BCUT2D eigenvalue weighted by molar-refractivity contribution is 8.20. The Morgan fingerprint density at radius 2 is 1.58 bits per heavy atom. The molecule has 3 aromatic rings. The largest absolute Gasteiger partial charge is 0.497 e. The maximum absolute atomic E-state index is 13.6. The van der Waals surface area contributed by atoms with Crippen molar-refractivity contribution < 1.29 is 18.3 Å². The Bertz CT molecular complexity index is 1310. The van der Waals surface area contributed by atoms with Crippen LogP contribution in [0.3, 0.4) is 0 Å². The van der Waals surface area contributed by atoms with Gasteiger partial charge in [-0.3, -0.25) is 9.69 Å². The molecular weight excluding hydrogens is 464 g/mol. The van der Waals surface area contributed by atoms with Crippen molar-refractivity contribution in [3.05, 3.63) is 88.3 Å². The lowest BCUT2D eigenvalue weighted by Gasteiger charge is -2.17. The number of amidine groups is 1. The zero-order valence-corrected chi connectivity index (χ0v) is 19.2. The molecule has 0 atom stereocenters. The Morgan fingerprint density at radius 3 is 2.24 bits per heavy atom. The summed E-state index contributed by atoms with van der Waals surface area (Å²) in [5, 5.41) is 1.17. The minimum Gasteiger partial charge on any atom is -0.497 e. The van der Waals surface area contributed by atoms with Crippen LogP contribution in [-0.4, -0.2) is 25.2 Å². The monoisotopic (exact) mass is 481 g/mol. The van der Waals surface area contributed by atoms with Gasteiger partial charge in [-0.1, -0.05) is 11.8 Å². The number of nitrogens with zero attached hydrogens (tertiary/aromatic N) is 3. The fourth-order valence-corrected chi connectivity index (χ4v) is 5.80. The lowest BCUT2D eigenvalue weighted by atomic mass is 10.2. The molecular formula is C24H17F2N3O2S2. The van der Waals surface area contributed by atoms with Crippen molar-refractivity contribution in [1.82, 2.24) is 0 Å². The van der Waals surface area contributed by atoms with Crippen molar-refractivity contribution in [2.75, 3.05) is 24.0 Å². The first-order valence-electron chi connectivity index (χ1n) is 9.90. The van der Waals surface area contributed by atoms with E-state index in [0.29, 0.717) is 21.4 Å². The Labute approximate surface area is 197 Å². The van der Waals surface area contributed by atoms with Gasteiger partial charge < -0.3 is 9.64 Å². The fourth-order valence-electron chi connectivity index (χ4n) is 3.47. The number of methoxy groups -OCH3 is 1. The first kappa shape index (κ1) is 21.5. The van der Waals surface area contributed by atoms with Crippen LogP contribution in [0.4, 0.5) is 25.8 Å². The number of fused-ring (bicyclic) bond motifs is 1. The molecule has 2 aliphatic rings. The summed E-state index contributed by atoms with van der Waals surface area (Å²) in [5.74, 6) is -0.306. The van der Waals surface area contributed by atoms with Crippen LogP contribution >= 0.6 is 23.5 Å². The third-order valence-electron chi connectivity index (χ3n) is 5.15. The van der Waals surface area contributed by atoms with Crippen LogP contribution in [0.1, 0.15) is 0 Å². The number of rotatable bonds is 3. The van der Waals surface area contributed by atoms with Gasteiger partial charge in [0, 0.05) is 18.0 Å². The first-order valence-corrected chi connectivity index (χ1v) is 11.5. The number of anilines is 2. The predicted molar refractivity (Wildman–Crippen MR) is 129 cm³/mol. The molecule has 5 nitrogen and oxygen atoms in total. The molecule has 0 radical (unpaired) electrons. The highest BCUT2D eigenvalue weighted by atomic mass is 32.2. The normalized spacial score (nSPS) is 18.9. The summed E-state index contributed by atoms with van der Waals surface area (Å²) < 4.78 is 32.2. The minimum absolute atomic E-state index is 0.262. The van der Waals surface area contributed by atoms with Crippen LogP contribution in [-0.2, 0) is 4.79 Å². The Balaban J connectivity index is 1.59. The molecule has 0 bridgehead atoms. The SMILES string of the molecule is COc1ccc2c(c1)N(C)C(=C1SC(=Nc3ccc(F)cc3)N(c3ccc(F)cc3)C1=O)S2. The van der Waals surface area contributed by atoms with Crippen LogP contribution < -0.4 is 14.5 Å². The van der Waals surface area contributed by atoms with Gasteiger partial charge in [-0.2, -0.15) is 0 Å². The topological polar surface area (TPSA) is 45.1 Å². The van der Waals surface area contributed by atoms with Crippen molar-refractivity contribution >= 4 is 51.7 Å². The molecule has 2 heterocycles. The molecule has 5 rings (SSSR count). The third-order valence-corrected chi connectivity index (χ3v) is 7.55.